The van der Waals surface area contributed by atoms with Gasteiger partial charge in [0, 0.05) is 11.8 Å². The lowest BCUT2D eigenvalue weighted by Crippen LogP contribution is -2.14. The number of pyridine rings is 1. The van der Waals surface area contributed by atoms with E-state index >= 15 is 0 Å². The van der Waals surface area contributed by atoms with Crippen molar-refractivity contribution < 1.29 is 0 Å². The average Bonchev–Trinajstić information content (AvgIpc) is 2.74. The van der Waals surface area contributed by atoms with Crippen LogP contribution in [0, 0.1) is 11.8 Å². The maximum atomic E-state index is 4.69. The van der Waals surface area contributed by atoms with Gasteiger partial charge in [-0.05, 0) is 54.7 Å². The first-order valence-corrected chi connectivity index (χ1v) is 11.3. The SMILES string of the molecule is CCCCCc1ccc(-c2ccc(CCC3CCC(CC)CC3)cc2)nc1. The maximum absolute atomic E-state index is 4.69. The van der Waals surface area contributed by atoms with Gasteiger partial charge in [0.25, 0.3) is 0 Å². The smallest absolute Gasteiger partial charge is 0.0702 e. The minimum Gasteiger partial charge on any atom is -0.256 e. The number of rotatable bonds is 9. The average molecular weight is 364 g/mol. The van der Waals surface area contributed by atoms with Gasteiger partial charge in [0.2, 0.25) is 0 Å². The second-order valence-corrected chi connectivity index (χ2v) is 8.54. The Balaban J connectivity index is 1.48. The van der Waals surface area contributed by atoms with E-state index in [0.717, 1.165) is 24.0 Å². The molecule has 2 aromatic rings. The number of hydrogen-bond donors (Lipinski definition) is 0. The maximum Gasteiger partial charge on any atom is 0.0702 e. The normalized spacial score (nSPS) is 19.9. The molecule has 1 aliphatic carbocycles. The van der Waals surface area contributed by atoms with Crippen molar-refractivity contribution >= 4 is 0 Å². The van der Waals surface area contributed by atoms with Crippen molar-refractivity contribution in [1.82, 2.24) is 4.98 Å². The van der Waals surface area contributed by atoms with Crippen LogP contribution in [0.25, 0.3) is 11.3 Å². The fourth-order valence-electron chi connectivity index (χ4n) is 4.46. The highest BCUT2D eigenvalue weighted by molar-refractivity contribution is 5.59. The molecule has 27 heavy (non-hydrogen) atoms. The number of aryl methyl sites for hydroxylation is 2. The van der Waals surface area contributed by atoms with Crippen LogP contribution in [0.4, 0.5) is 0 Å². The molecule has 1 saturated carbocycles. The summed E-state index contributed by atoms with van der Waals surface area (Å²) in [4.78, 5) is 4.69. The lowest BCUT2D eigenvalue weighted by atomic mass is 9.78. The molecule has 1 fully saturated rings. The summed E-state index contributed by atoms with van der Waals surface area (Å²) < 4.78 is 0. The molecular weight excluding hydrogens is 326 g/mol. The molecule has 0 radical (unpaired) electrons. The summed E-state index contributed by atoms with van der Waals surface area (Å²) >= 11 is 0. The van der Waals surface area contributed by atoms with E-state index in [1.807, 2.05) is 0 Å². The topological polar surface area (TPSA) is 12.9 Å². The van der Waals surface area contributed by atoms with Crippen molar-refractivity contribution in [3.05, 3.63) is 53.7 Å². The fourth-order valence-corrected chi connectivity index (χ4v) is 4.46. The Morgan fingerprint density at radius 2 is 1.48 bits per heavy atom. The minimum atomic E-state index is 0.953. The molecule has 1 aromatic heterocycles. The van der Waals surface area contributed by atoms with E-state index < -0.39 is 0 Å². The van der Waals surface area contributed by atoms with Crippen LogP contribution >= 0.6 is 0 Å². The van der Waals surface area contributed by atoms with Crippen LogP contribution in [-0.4, -0.2) is 4.98 Å². The molecule has 0 aliphatic heterocycles. The molecule has 0 spiro atoms. The van der Waals surface area contributed by atoms with Gasteiger partial charge in [-0.3, -0.25) is 4.98 Å². The van der Waals surface area contributed by atoms with Crippen molar-refractivity contribution in [2.45, 2.75) is 84.5 Å². The van der Waals surface area contributed by atoms with Crippen LogP contribution in [0.3, 0.4) is 0 Å². The van der Waals surface area contributed by atoms with Gasteiger partial charge >= 0.3 is 0 Å². The molecule has 3 rings (SSSR count). The van der Waals surface area contributed by atoms with Crippen LogP contribution in [0.5, 0.6) is 0 Å². The first-order valence-electron chi connectivity index (χ1n) is 11.3. The summed E-state index contributed by atoms with van der Waals surface area (Å²) in [7, 11) is 0. The van der Waals surface area contributed by atoms with E-state index in [0.29, 0.717) is 0 Å². The van der Waals surface area contributed by atoms with Crippen molar-refractivity contribution in [2.75, 3.05) is 0 Å². The lowest BCUT2D eigenvalue weighted by Gasteiger charge is -2.27. The molecule has 0 N–H and O–H groups in total. The fraction of sp³-hybridized carbons (Fsp3) is 0.577. The minimum absolute atomic E-state index is 0.953. The summed E-state index contributed by atoms with van der Waals surface area (Å²) in [5.41, 5.74) is 5.18. The largest absolute Gasteiger partial charge is 0.256 e. The van der Waals surface area contributed by atoms with Crippen molar-refractivity contribution in [3.63, 3.8) is 0 Å². The van der Waals surface area contributed by atoms with E-state index in [1.165, 1.54) is 80.9 Å². The number of hydrogen-bond acceptors (Lipinski definition) is 1. The monoisotopic (exact) mass is 363 g/mol. The Morgan fingerprint density at radius 3 is 2.11 bits per heavy atom. The first kappa shape index (κ1) is 20.1. The predicted molar refractivity (Wildman–Crippen MR) is 117 cm³/mol. The Hall–Kier alpha value is -1.63. The highest BCUT2D eigenvalue weighted by Gasteiger charge is 2.19. The number of nitrogens with zero attached hydrogens (tertiary/aromatic N) is 1. The zero-order chi connectivity index (χ0) is 18.9. The highest BCUT2D eigenvalue weighted by Crippen LogP contribution is 2.33. The van der Waals surface area contributed by atoms with E-state index in [2.05, 4.69) is 56.4 Å². The van der Waals surface area contributed by atoms with Crippen LogP contribution in [0.1, 0.15) is 82.8 Å². The summed E-state index contributed by atoms with van der Waals surface area (Å²) in [6.07, 6.45) is 16.9. The summed E-state index contributed by atoms with van der Waals surface area (Å²) in [5.74, 6) is 1.96. The van der Waals surface area contributed by atoms with Gasteiger partial charge in [0.15, 0.2) is 0 Å². The third-order valence-electron chi connectivity index (χ3n) is 6.53. The molecule has 146 valence electrons. The van der Waals surface area contributed by atoms with Gasteiger partial charge in [0.1, 0.15) is 0 Å². The molecule has 0 unspecified atom stereocenters. The molecule has 1 heterocycles. The second-order valence-electron chi connectivity index (χ2n) is 8.54. The van der Waals surface area contributed by atoms with Crippen molar-refractivity contribution in [1.29, 1.82) is 0 Å². The van der Waals surface area contributed by atoms with Gasteiger partial charge in [-0.25, -0.2) is 0 Å². The third-order valence-corrected chi connectivity index (χ3v) is 6.53. The second kappa shape index (κ2) is 10.6. The molecule has 0 atom stereocenters. The molecule has 0 saturated heterocycles. The van der Waals surface area contributed by atoms with E-state index in [-0.39, 0.29) is 0 Å². The van der Waals surface area contributed by atoms with Gasteiger partial charge in [-0.1, -0.05) is 89.1 Å². The van der Waals surface area contributed by atoms with Gasteiger partial charge in [-0.2, -0.15) is 0 Å². The molecule has 1 aliphatic rings. The molecular formula is C26H37N. The molecule has 0 amide bonds. The number of unbranched alkanes of at least 4 members (excludes halogenated alkanes) is 2. The van der Waals surface area contributed by atoms with Crippen LogP contribution in [0.2, 0.25) is 0 Å². The Bertz CT molecular complexity index is 648. The molecule has 1 heteroatoms. The van der Waals surface area contributed by atoms with Crippen molar-refractivity contribution in [2.24, 2.45) is 11.8 Å². The zero-order valence-electron chi connectivity index (χ0n) is 17.4. The van der Waals surface area contributed by atoms with Gasteiger partial charge < -0.3 is 0 Å². The third kappa shape index (κ3) is 6.19. The summed E-state index contributed by atoms with van der Waals surface area (Å²) in [6, 6.07) is 13.6. The van der Waals surface area contributed by atoms with Gasteiger partial charge in [-0.15, -0.1) is 0 Å². The standard InChI is InChI=1S/C26H37N/c1-3-5-6-7-24-16-19-26(27-20-24)25-17-14-23(15-18-25)13-12-22-10-8-21(4-2)9-11-22/h14-22H,3-13H2,1-2H3. The summed E-state index contributed by atoms with van der Waals surface area (Å²) in [6.45, 7) is 4.60. The lowest BCUT2D eigenvalue weighted by molar-refractivity contribution is 0.259. The molecule has 1 nitrogen and oxygen atoms in total. The number of benzene rings is 1. The van der Waals surface area contributed by atoms with Gasteiger partial charge in [0.05, 0.1) is 5.69 Å². The Labute approximate surface area is 166 Å². The Kier molecular flexibility index (Phi) is 7.93. The van der Waals surface area contributed by atoms with Crippen LogP contribution in [-0.2, 0) is 12.8 Å². The van der Waals surface area contributed by atoms with Crippen LogP contribution < -0.4 is 0 Å². The first-order chi connectivity index (χ1) is 13.3. The molecule has 1 aromatic carbocycles. The van der Waals surface area contributed by atoms with Crippen molar-refractivity contribution in [3.8, 4) is 11.3 Å². The highest BCUT2D eigenvalue weighted by atomic mass is 14.7. The van der Waals surface area contributed by atoms with E-state index in [1.54, 1.807) is 0 Å². The predicted octanol–water partition coefficient (Wildman–Crippen LogP) is 7.63. The Morgan fingerprint density at radius 1 is 0.778 bits per heavy atom. The van der Waals surface area contributed by atoms with E-state index in [4.69, 9.17) is 4.98 Å². The van der Waals surface area contributed by atoms with Crippen LogP contribution in [0.15, 0.2) is 42.6 Å². The zero-order valence-corrected chi connectivity index (χ0v) is 17.4. The summed E-state index contributed by atoms with van der Waals surface area (Å²) in [5, 5.41) is 0. The number of aromatic nitrogens is 1. The quantitative estimate of drug-likeness (QED) is 0.417. The van der Waals surface area contributed by atoms with E-state index in [9.17, 15) is 0 Å². The molecule has 0 bridgehead atoms.